The molecule has 2 aromatic carbocycles. The van der Waals surface area contributed by atoms with Crippen LogP contribution in [0.5, 0.6) is 0 Å². The summed E-state index contributed by atoms with van der Waals surface area (Å²) in [5.41, 5.74) is 3.17. The predicted octanol–water partition coefficient (Wildman–Crippen LogP) is 2.16. The van der Waals surface area contributed by atoms with Gasteiger partial charge in [0.05, 0.1) is 17.6 Å². The van der Waals surface area contributed by atoms with E-state index < -0.39 is 5.97 Å². The molecular formula is C19H20N4O3. The molecule has 1 aromatic heterocycles. The zero-order chi connectivity index (χ0) is 18.5. The first-order valence-corrected chi connectivity index (χ1v) is 8.36. The van der Waals surface area contributed by atoms with Crippen molar-refractivity contribution in [3.8, 4) is 0 Å². The molecular weight excluding hydrogens is 332 g/mol. The molecule has 134 valence electrons. The fourth-order valence-corrected chi connectivity index (χ4v) is 2.53. The summed E-state index contributed by atoms with van der Waals surface area (Å²) in [5, 5.41) is 10.9. The Bertz CT molecular complexity index is 916. The molecule has 0 spiro atoms. The summed E-state index contributed by atoms with van der Waals surface area (Å²) in [6, 6.07) is 14.8. The van der Waals surface area contributed by atoms with Crippen LogP contribution < -0.4 is 5.32 Å². The first kappa shape index (κ1) is 17.6. The minimum absolute atomic E-state index is 0.00773. The fourth-order valence-electron chi connectivity index (χ4n) is 2.53. The van der Waals surface area contributed by atoms with Crippen molar-refractivity contribution in [2.24, 2.45) is 0 Å². The number of nitrogens with zero attached hydrogens (tertiary/aromatic N) is 3. The molecule has 0 fully saturated rings. The van der Waals surface area contributed by atoms with E-state index in [1.54, 1.807) is 16.8 Å². The van der Waals surface area contributed by atoms with Gasteiger partial charge in [0.1, 0.15) is 5.52 Å². The van der Waals surface area contributed by atoms with E-state index in [0.717, 1.165) is 16.6 Å². The quantitative estimate of drug-likeness (QED) is 0.687. The largest absolute Gasteiger partial charge is 0.452 e. The highest BCUT2D eigenvalue weighted by Crippen LogP contribution is 2.13. The van der Waals surface area contributed by atoms with E-state index in [1.165, 1.54) is 0 Å². The van der Waals surface area contributed by atoms with Crippen molar-refractivity contribution in [1.29, 1.82) is 0 Å². The number of ether oxygens (including phenoxy) is 1. The van der Waals surface area contributed by atoms with Gasteiger partial charge in [-0.25, -0.2) is 9.48 Å². The van der Waals surface area contributed by atoms with Crippen molar-refractivity contribution in [2.75, 3.05) is 6.61 Å². The Balaban J connectivity index is 1.61. The summed E-state index contributed by atoms with van der Waals surface area (Å²) < 4.78 is 6.82. The highest BCUT2D eigenvalue weighted by Gasteiger charge is 2.11. The number of amides is 1. The Labute approximate surface area is 151 Å². The molecule has 0 saturated heterocycles. The standard InChI is InChI=1S/C19H20N4O3/c1-13(2)20-18(24)12-26-19(25)15-9-7-14(8-10-15)11-23-17-6-4-3-5-16(17)21-22-23/h3-10,13H,11-12H2,1-2H3,(H,20,24). The van der Waals surface area contributed by atoms with Gasteiger partial charge in [0.25, 0.3) is 5.91 Å². The molecule has 7 heteroatoms. The van der Waals surface area contributed by atoms with Crippen LogP contribution in [0, 0.1) is 0 Å². The van der Waals surface area contributed by atoms with E-state index in [4.69, 9.17) is 4.74 Å². The molecule has 26 heavy (non-hydrogen) atoms. The second kappa shape index (κ2) is 7.77. The second-order valence-corrected chi connectivity index (χ2v) is 6.23. The van der Waals surface area contributed by atoms with E-state index in [9.17, 15) is 9.59 Å². The highest BCUT2D eigenvalue weighted by atomic mass is 16.5. The van der Waals surface area contributed by atoms with Gasteiger partial charge in [-0.05, 0) is 43.7 Å². The van der Waals surface area contributed by atoms with Gasteiger partial charge in [0.2, 0.25) is 0 Å². The molecule has 0 aliphatic rings. The maximum Gasteiger partial charge on any atom is 0.338 e. The number of carbonyl (C=O) groups excluding carboxylic acids is 2. The molecule has 0 bridgehead atoms. The summed E-state index contributed by atoms with van der Waals surface area (Å²) in [6.45, 7) is 3.95. The molecule has 0 unspecified atom stereocenters. The lowest BCUT2D eigenvalue weighted by Gasteiger charge is -2.09. The van der Waals surface area contributed by atoms with Gasteiger partial charge in [-0.2, -0.15) is 0 Å². The number of carbonyl (C=O) groups is 2. The van der Waals surface area contributed by atoms with Gasteiger partial charge in [-0.15, -0.1) is 5.10 Å². The third-order valence-electron chi connectivity index (χ3n) is 3.73. The van der Waals surface area contributed by atoms with Crippen LogP contribution in [-0.2, 0) is 16.1 Å². The number of benzene rings is 2. The minimum Gasteiger partial charge on any atom is -0.452 e. The van der Waals surface area contributed by atoms with E-state index in [1.807, 2.05) is 50.2 Å². The number of rotatable bonds is 6. The third kappa shape index (κ3) is 4.24. The fraction of sp³-hybridized carbons (Fsp3) is 0.263. The van der Waals surface area contributed by atoms with E-state index in [0.29, 0.717) is 12.1 Å². The monoisotopic (exact) mass is 352 g/mol. The molecule has 0 radical (unpaired) electrons. The van der Waals surface area contributed by atoms with Crippen molar-refractivity contribution in [2.45, 2.75) is 26.4 Å². The Morgan fingerprint density at radius 2 is 1.85 bits per heavy atom. The molecule has 1 N–H and O–H groups in total. The Kier molecular flexibility index (Phi) is 5.26. The van der Waals surface area contributed by atoms with Crippen LogP contribution in [-0.4, -0.2) is 39.5 Å². The van der Waals surface area contributed by atoms with Gasteiger partial charge in [0, 0.05) is 6.04 Å². The molecule has 0 aliphatic carbocycles. The van der Waals surface area contributed by atoms with Crippen LogP contribution in [0.3, 0.4) is 0 Å². The lowest BCUT2D eigenvalue weighted by Crippen LogP contribution is -2.33. The SMILES string of the molecule is CC(C)NC(=O)COC(=O)c1ccc(Cn2nnc3ccccc32)cc1. The predicted molar refractivity (Wildman–Crippen MR) is 96.6 cm³/mol. The van der Waals surface area contributed by atoms with E-state index in [2.05, 4.69) is 15.6 Å². The lowest BCUT2D eigenvalue weighted by molar-refractivity contribution is -0.124. The zero-order valence-corrected chi connectivity index (χ0v) is 14.7. The Hall–Kier alpha value is -3.22. The lowest BCUT2D eigenvalue weighted by atomic mass is 10.1. The summed E-state index contributed by atoms with van der Waals surface area (Å²) >= 11 is 0. The number of para-hydroxylation sites is 1. The molecule has 3 rings (SSSR count). The number of esters is 1. The molecule has 0 saturated carbocycles. The maximum atomic E-state index is 12.0. The molecule has 3 aromatic rings. The van der Waals surface area contributed by atoms with Crippen molar-refractivity contribution in [1.82, 2.24) is 20.3 Å². The normalized spacial score (nSPS) is 10.9. The molecule has 1 amide bonds. The molecule has 0 atom stereocenters. The summed E-state index contributed by atoms with van der Waals surface area (Å²) in [5.74, 6) is -0.843. The van der Waals surface area contributed by atoms with Gasteiger partial charge in [0.15, 0.2) is 6.61 Å². The number of aromatic nitrogens is 3. The Morgan fingerprint density at radius 3 is 2.58 bits per heavy atom. The second-order valence-electron chi connectivity index (χ2n) is 6.23. The van der Waals surface area contributed by atoms with E-state index in [-0.39, 0.29) is 18.6 Å². The summed E-state index contributed by atoms with van der Waals surface area (Å²) in [6.07, 6.45) is 0. The van der Waals surface area contributed by atoms with Crippen LogP contribution >= 0.6 is 0 Å². The number of hydrogen-bond acceptors (Lipinski definition) is 5. The van der Waals surface area contributed by atoms with Gasteiger partial charge >= 0.3 is 5.97 Å². The first-order valence-electron chi connectivity index (χ1n) is 8.36. The van der Waals surface area contributed by atoms with Crippen LogP contribution in [0.4, 0.5) is 0 Å². The Morgan fingerprint density at radius 1 is 1.12 bits per heavy atom. The molecule has 0 aliphatic heterocycles. The zero-order valence-electron chi connectivity index (χ0n) is 14.7. The average Bonchev–Trinajstić information content (AvgIpc) is 3.03. The summed E-state index contributed by atoms with van der Waals surface area (Å²) in [7, 11) is 0. The van der Waals surface area contributed by atoms with Crippen LogP contribution in [0.15, 0.2) is 48.5 Å². The van der Waals surface area contributed by atoms with Crippen molar-refractivity contribution in [3.05, 3.63) is 59.7 Å². The third-order valence-corrected chi connectivity index (χ3v) is 3.73. The number of fused-ring (bicyclic) bond motifs is 1. The van der Waals surface area contributed by atoms with Crippen LogP contribution in [0.2, 0.25) is 0 Å². The minimum atomic E-state index is -0.526. The molecule has 1 heterocycles. The van der Waals surface area contributed by atoms with Crippen LogP contribution in [0.25, 0.3) is 11.0 Å². The maximum absolute atomic E-state index is 12.0. The van der Waals surface area contributed by atoms with Gasteiger partial charge in [-0.1, -0.05) is 29.5 Å². The smallest absolute Gasteiger partial charge is 0.338 e. The number of nitrogens with one attached hydrogen (secondary N) is 1. The van der Waals surface area contributed by atoms with Crippen molar-refractivity contribution in [3.63, 3.8) is 0 Å². The van der Waals surface area contributed by atoms with E-state index >= 15 is 0 Å². The number of hydrogen-bond donors (Lipinski definition) is 1. The first-order chi connectivity index (χ1) is 12.5. The van der Waals surface area contributed by atoms with Crippen molar-refractivity contribution >= 4 is 22.9 Å². The summed E-state index contributed by atoms with van der Waals surface area (Å²) in [4.78, 5) is 23.5. The van der Waals surface area contributed by atoms with Crippen LogP contribution in [0.1, 0.15) is 29.8 Å². The molecule has 7 nitrogen and oxygen atoms in total. The highest BCUT2D eigenvalue weighted by molar-refractivity contribution is 5.91. The topological polar surface area (TPSA) is 86.1 Å². The van der Waals surface area contributed by atoms with Gasteiger partial charge < -0.3 is 10.1 Å². The average molecular weight is 352 g/mol. The van der Waals surface area contributed by atoms with Gasteiger partial charge in [-0.3, -0.25) is 4.79 Å². The van der Waals surface area contributed by atoms with Crippen molar-refractivity contribution < 1.29 is 14.3 Å².